The van der Waals surface area contributed by atoms with Crippen LogP contribution in [0, 0.1) is 5.82 Å². The predicted octanol–water partition coefficient (Wildman–Crippen LogP) is 4.93. The minimum Gasteiger partial charge on any atom is -0.455 e. The highest BCUT2D eigenvalue weighted by molar-refractivity contribution is 7.80. The number of thiol groups is 1. The second-order valence-corrected chi connectivity index (χ2v) is 11.6. The molecule has 0 spiro atoms. The van der Waals surface area contributed by atoms with Crippen molar-refractivity contribution in [2.75, 3.05) is 6.54 Å². The Labute approximate surface area is 253 Å². The van der Waals surface area contributed by atoms with Gasteiger partial charge in [0.25, 0.3) is 0 Å². The lowest BCUT2D eigenvalue weighted by Crippen LogP contribution is -2.25. The molecule has 5 aromatic rings. The number of thiocarbonyl (C=S) groups is 1. The molecule has 0 saturated heterocycles. The number of oxime groups is 1. The van der Waals surface area contributed by atoms with E-state index in [1.165, 1.54) is 27.3 Å². The zero-order valence-electron chi connectivity index (χ0n) is 22.9. The van der Waals surface area contributed by atoms with E-state index in [1.807, 2.05) is 6.07 Å². The third kappa shape index (κ3) is 6.50. The molecular formula is C29H28FN7O4S2. The van der Waals surface area contributed by atoms with Gasteiger partial charge in [-0.15, -0.1) is 0 Å². The van der Waals surface area contributed by atoms with Gasteiger partial charge in [0, 0.05) is 55.2 Å². The average Bonchev–Trinajstić information content (AvgIpc) is 3.36. The Morgan fingerprint density at radius 3 is 2.74 bits per heavy atom. The van der Waals surface area contributed by atoms with Crippen LogP contribution < -0.4 is 5.73 Å². The van der Waals surface area contributed by atoms with Crippen LogP contribution in [0.2, 0.25) is 0 Å². The van der Waals surface area contributed by atoms with Crippen molar-refractivity contribution in [3.63, 3.8) is 0 Å². The minimum absolute atomic E-state index is 0.0726. The number of nitrogens with one attached hydrogen (secondary N) is 1. The van der Waals surface area contributed by atoms with Crippen LogP contribution in [-0.2, 0) is 22.3 Å². The van der Waals surface area contributed by atoms with Crippen molar-refractivity contribution >= 4 is 45.1 Å². The number of nitrogens with zero attached hydrogens (tertiary/aromatic N) is 5. The summed E-state index contributed by atoms with van der Waals surface area (Å²) in [6.07, 6.45) is 10.8. The van der Waals surface area contributed by atoms with Crippen LogP contribution in [-0.4, -0.2) is 49.8 Å². The second-order valence-electron chi connectivity index (χ2n) is 10.2. The third-order valence-corrected chi connectivity index (χ3v) is 8.29. The maximum Gasteiger partial charge on any atom is 0.301 e. The van der Waals surface area contributed by atoms with Gasteiger partial charge in [-0.3, -0.25) is 4.57 Å². The Kier molecular flexibility index (Phi) is 8.31. The first-order chi connectivity index (χ1) is 20.9. The summed E-state index contributed by atoms with van der Waals surface area (Å²) in [5.41, 5.74) is 9.99. The molecule has 1 aliphatic carbocycles. The van der Waals surface area contributed by atoms with Crippen LogP contribution in [0.4, 0.5) is 4.39 Å². The third-order valence-electron chi connectivity index (χ3n) is 7.20. The molecule has 0 radical (unpaired) electrons. The molecule has 2 aromatic carbocycles. The van der Waals surface area contributed by atoms with Crippen LogP contribution in [0.25, 0.3) is 33.7 Å². The van der Waals surface area contributed by atoms with Gasteiger partial charge < -0.3 is 20.0 Å². The molecule has 6 rings (SSSR count). The van der Waals surface area contributed by atoms with E-state index in [2.05, 4.69) is 26.2 Å². The summed E-state index contributed by atoms with van der Waals surface area (Å²) in [5.74, 6) is 1.37. The quantitative estimate of drug-likeness (QED) is 0.0619. The van der Waals surface area contributed by atoms with Crippen molar-refractivity contribution < 1.29 is 22.1 Å². The number of benzene rings is 2. The number of hydrogen-bond donors (Lipinski definition) is 3. The molecule has 222 valence electrons. The first-order valence-electron chi connectivity index (χ1n) is 13.6. The SMILES string of the molecule is N/C(CCCN(Cc1cc2oc(-c3ccc(F)cc3)c(-c3ncc[nH]3)c2cc1C1CC1)[SH](=O)=O)=N\OC(=S)n1ccnc1. The summed E-state index contributed by atoms with van der Waals surface area (Å²) in [5, 5.41) is 4.77. The maximum absolute atomic E-state index is 13.7. The van der Waals surface area contributed by atoms with Crippen LogP contribution in [0.1, 0.15) is 42.7 Å². The van der Waals surface area contributed by atoms with Gasteiger partial charge in [0.1, 0.15) is 35.1 Å². The van der Waals surface area contributed by atoms with Gasteiger partial charge in [-0.05, 0) is 84.9 Å². The molecule has 14 heteroatoms. The number of amidine groups is 1. The number of aromatic amines is 1. The molecule has 0 bridgehead atoms. The number of fused-ring (bicyclic) bond motifs is 1. The number of nitrogens with two attached hydrogens (primary N) is 1. The normalized spacial score (nSPS) is 13.8. The van der Waals surface area contributed by atoms with Crippen LogP contribution >= 0.6 is 12.2 Å². The van der Waals surface area contributed by atoms with E-state index in [9.17, 15) is 12.8 Å². The van der Waals surface area contributed by atoms with Gasteiger partial charge in [0.05, 0.1) is 5.56 Å². The Balaban J connectivity index is 1.24. The van der Waals surface area contributed by atoms with Gasteiger partial charge in [0.2, 0.25) is 10.9 Å². The lowest BCUT2D eigenvalue weighted by atomic mass is 9.97. The van der Waals surface area contributed by atoms with Crippen LogP contribution in [0.3, 0.4) is 0 Å². The Bertz CT molecular complexity index is 1840. The molecule has 0 amide bonds. The fraction of sp³-hybridized carbons (Fsp3) is 0.241. The van der Waals surface area contributed by atoms with E-state index in [4.69, 9.17) is 27.2 Å². The van der Waals surface area contributed by atoms with Gasteiger partial charge >= 0.3 is 5.17 Å². The molecule has 3 aromatic heterocycles. The number of imidazole rings is 2. The largest absolute Gasteiger partial charge is 0.455 e. The number of H-pyrrole nitrogens is 1. The standard InChI is InChI=1S/C29H28FN7O4S2/c30-21-7-5-19(6-8-21)27-26(28-33-9-10-34-28)23-15-22(18-3-4-18)20(14-24(23)40-27)16-37(43(38)39)12-1-2-25(31)35-41-29(42)36-13-11-32-17-36/h5-11,13-15,17-18,43H,1-4,12,16H2,(H2,31,35)(H,33,34). The first-order valence-corrected chi connectivity index (χ1v) is 15.2. The Morgan fingerprint density at radius 1 is 1.26 bits per heavy atom. The minimum atomic E-state index is -2.88. The van der Waals surface area contributed by atoms with Gasteiger partial charge in [0.15, 0.2) is 0 Å². The smallest absolute Gasteiger partial charge is 0.301 e. The Hall–Kier alpha value is -4.40. The fourth-order valence-corrected chi connectivity index (χ4v) is 5.69. The molecule has 1 fully saturated rings. The Morgan fingerprint density at radius 2 is 2.07 bits per heavy atom. The van der Waals surface area contributed by atoms with Crippen molar-refractivity contribution in [3.05, 3.63) is 84.5 Å². The molecule has 1 aliphatic rings. The molecular weight excluding hydrogens is 593 g/mol. The molecule has 0 unspecified atom stereocenters. The van der Waals surface area contributed by atoms with E-state index in [1.54, 1.807) is 36.9 Å². The molecule has 0 atom stereocenters. The predicted molar refractivity (Wildman–Crippen MR) is 164 cm³/mol. The topological polar surface area (TPSA) is 145 Å². The van der Waals surface area contributed by atoms with E-state index >= 15 is 0 Å². The first kappa shape index (κ1) is 28.7. The molecule has 0 aliphatic heterocycles. The van der Waals surface area contributed by atoms with Crippen molar-refractivity contribution in [2.24, 2.45) is 10.9 Å². The lowest BCUT2D eigenvalue weighted by Gasteiger charge is -2.18. The monoisotopic (exact) mass is 621 g/mol. The molecule has 3 N–H and O–H groups in total. The summed E-state index contributed by atoms with van der Waals surface area (Å²) >= 11 is 5.11. The summed E-state index contributed by atoms with van der Waals surface area (Å²) in [6.45, 7) is 0.418. The summed E-state index contributed by atoms with van der Waals surface area (Å²) < 4.78 is 47.5. The number of halogens is 1. The molecule has 1 saturated carbocycles. The number of aromatic nitrogens is 4. The van der Waals surface area contributed by atoms with Crippen molar-refractivity contribution in [1.29, 1.82) is 0 Å². The summed E-state index contributed by atoms with van der Waals surface area (Å²) in [7, 11) is -2.88. The van der Waals surface area contributed by atoms with Crippen LogP contribution in [0.15, 0.2) is 77.1 Å². The highest BCUT2D eigenvalue weighted by Gasteiger charge is 2.29. The van der Waals surface area contributed by atoms with E-state index < -0.39 is 10.9 Å². The number of furan rings is 1. The highest BCUT2D eigenvalue weighted by Crippen LogP contribution is 2.46. The van der Waals surface area contributed by atoms with E-state index in [0.29, 0.717) is 41.5 Å². The second kappa shape index (κ2) is 12.5. The molecule has 11 nitrogen and oxygen atoms in total. The van der Waals surface area contributed by atoms with Gasteiger partial charge in [-0.1, -0.05) is 5.16 Å². The highest BCUT2D eigenvalue weighted by atomic mass is 32.2. The van der Waals surface area contributed by atoms with Crippen molar-refractivity contribution in [2.45, 2.75) is 38.1 Å². The number of rotatable bonds is 11. The van der Waals surface area contributed by atoms with Crippen molar-refractivity contribution in [1.82, 2.24) is 23.8 Å². The fourth-order valence-electron chi connectivity index (χ4n) is 4.97. The lowest BCUT2D eigenvalue weighted by molar-refractivity contribution is 0.320. The zero-order valence-corrected chi connectivity index (χ0v) is 24.6. The zero-order chi connectivity index (χ0) is 29.9. The average molecular weight is 622 g/mol. The number of hydrogen-bond acceptors (Lipinski definition) is 8. The maximum atomic E-state index is 13.7. The van der Waals surface area contributed by atoms with E-state index in [0.717, 1.165) is 34.9 Å². The molecule has 3 heterocycles. The van der Waals surface area contributed by atoms with Gasteiger partial charge in [-0.2, -0.15) is 4.31 Å². The molecule has 43 heavy (non-hydrogen) atoms. The summed E-state index contributed by atoms with van der Waals surface area (Å²) in [4.78, 5) is 16.7. The van der Waals surface area contributed by atoms with Gasteiger partial charge in [-0.25, -0.2) is 22.8 Å². The van der Waals surface area contributed by atoms with Crippen molar-refractivity contribution in [3.8, 4) is 22.7 Å². The summed E-state index contributed by atoms with van der Waals surface area (Å²) in [6, 6.07) is 10.1. The van der Waals surface area contributed by atoms with E-state index in [-0.39, 0.29) is 29.9 Å². The van der Waals surface area contributed by atoms with Crippen LogP contribution in [0.5, 0.6) is 0 Å².